The van der Waals surface area contributed by atoms with E-state index >= 15 is 0 Å². The highest BCUT2D eigenvalue weighted by atomic mass is 16.3. The third-order valence-electron chi connectivity index (χ3n) is 2.13. The van der Waals surface area contributed by atoms with E-state index in [9.17, 15) is 4.91 Å². The van der Waals surface area contributed by atoms with Crippen molar-refractivity contribution >= 4 is 0 Å². The molecule has 0 aromatic rings. The second kappa shape index (κ2) is 6.58. The molecule has 13 heavy (non-hydrogen) atoms. The SMILES string of the molecule is CCC(C)=C/C=C(\CN=O)C(C)C. The molecular formula is C11H19NO. The van der Waals surface area contributed by atoms with Crippen molar-refractivity contribution in [3.8, 4) is 0 Å². The molecule has 74 valence electrons. The van der Waals surface area contributed by atoms with Crippen molar-refractivity contribution in [1.82, 2.24) is 0 Å². The molecule has 0 bridgehead atoms. The fourth-order valence-electron chi connectivity index (χ4n) is 0.869. The van der Waals surface area contributed by atoms with Gasteiger partial charge in [0.2, 0.25) is 0 Å². The highest BCUT2D eigenvalue weighted by molar-refractivity contribution is 5.19. The van der Waals surface area contributed by atoms with Crippen molar-refractivity contribution in [2.45, 2.75) is 34.1 Å². The van der Waals surface area contributed by atoms with Crippen molar-refractivity contribution in [2.75, 3.05) is 6.54 Å². The maximum Gasteiger partial charge on any atom is 0.103 e. The van der Waals surface area contributed by atoms with Crippen LogP contribution in [0.3, 0.4) is 0 Å². The summed E-state index contributed by atoms with van der Waals surface area (Å²) in [6.07, 6.45) is 5.14. The van der Waals surface area contributed by atoms with E-state index in [2.05, 4.69) is 38.9 Å². The maximum atomic E-state index is 10.1. The Morgan fingerprint density at radius 3 is 2.38 bits per heavy atom. The lowest BCUT2D eigenvalue weighted by Gasteiger charge is -2.05. The molecule has 0 atom stereocenters. The Labute approximate surface area is 80.7 Å². The van der Waals surface area contributed by atoms with Gasteiger partial charge in [-0.05, 0) is 24.8 Å². The molecule has 0 aromatic carbocycles. The molecule has 0 heterocycles. The molecular weight excluding hydrogens is 162 g/mol. The summed E-state index contributed by atoms with van der Waals surface area (Å²) in [6, 6.07) is 0. The largest absolute Gasteiger partial charge is 0.150 e. The van der Waals surface area contributed by atoms with Crippen molar-refractivity contribution < 1.29 is 0 Å². The van der Waals surface area contributed by atoms with Gasteiger partial charge in [0.15, 0.2) is 0 Å². The number of hydrogen-bond donors (Lipinski definition) is 0. The second-order valence-corrected chi connectivity index (χ2v) is 3.55. The number of nitroso groups, excluding NO2 is 1. The van der Waals surface area contributed by atoms with Gasteiger partial charge in [0.25, 0.3) is 0 Å². The van der Waals surface area contributed by atoms with Crippen LogP contribution in [0.2, 0.25) is 0 Å². The van der Waals surface area contributed by atoms with E-state index in [1.165, 1.54) is 5.57 Å². The van der Waals surface area contributed by atoms with Crippen molar-refractivity contribution in [3.05, 3.63) is 28.2 Å². The summed E-state index contributed by atoms with van der Waals surface area (Å²) < 4.78 is 0. The Hall–Kier alpha value is -0.920. The van der Waals surface area contributed by atoms with Crippen LogP contribution < -0.4 is 0 Å². The zero-order valence-electron chi connectivity index (χ0n) is 9.00. The molecule has 2 nitrogen and oxygen atoms in total. The minimum absolute atomic E-state index is 0.311. The van der Waals surface area contributed by atoms with Crippen LogP contribution in [0.4, 0.5) is 0 Å². The van der Waals surface area contributed by atoms with E-state index in [1.54, 1.807) is 0 Å². The van der Waals surface area contributed by atoms with Gasteiger partial charge in [-0.3, -0.25) is 0 Å². The lowest BCUT2D eigenvalue weighted by atomic mass is 10.0. The number of hydrogen-bond acceptors (Lipinski definition) is 2. The van der Waals surface area contributed by atoms with Gasteiger partial charge in [0.05, 0.1) is 0 Å². The highest BCUT2D eigenvalue weighted by Gasteiger charge is 2.01. The maximum absolute atomic E-state index is 10.1. The van der Waals surface area contributed by atoms with E-state index < -0.39 is 0 Å². The first kappa shape index (κ1) is 12.1. The molecule has 2 heteroatoms. The topological polar surface area (TPSA) is 29.4 Å². The fourth-order valence-corrected chi connectivity index (χ4v) is 0.869. The molecule has 0 spiro atoms. The summed E-state index contributed by atoms with van der Waals surface area (Å²) in [7, 11) is 0. The lowest BCUT2D eigenvalue weighted by molar-refractivity contribution is 0.745. The van der Waals surface area contributed by atoms with Crippen LogP contribution in [0, 0.1) is 10.8 Å². The Morgan fingerprint density at radius 1 is 1.38 bits per heavy atom. The van der Waals surface area contributed by atoms with E-state index in [4.69, 9.17) is 0 Å². The van der Waals surface area contributed by atoms with E-state index in [0.717, 1.165) is 12.0 Å². The third-order valence-corrected chi connectivity index (χ3v) is 2.13. The molecule has 0 saturated heterocycles. The van der Waals surface area contributed by atoms with E-state index in [-0.39, 0.29) is 0 Å². The van der Waals surface area contributed by atoms with Gasteiger partial charge in [-0.1, -0.05) is 43.7 Å². The predicted molar refractivity (Wildman–Crippen MR) is 57.6 cm³/mol. The van der Waals surface area contributed by atoms with Gasteiger partial charge < -0.3 is 0 Å². The standard InChI is InChI=1S/C11H19NO/c1-5-10(4)6-7-11(8-12-13)9(2)3/h6-7,9H,5,8H2,1-4H3/b10-6?,11-7+. The molecule has 0 aliphatic rings. The summed E-state index contributed by atoms with van der Waals surface area (Å²) >= 11 is 0. The molecule has 0 unspecified atom stereocenters. The van der Waals surface area contributed by atoms with Gasteiger partial charge in [-0.2, -0.15) is 4.91 Å². The first-order valence-corrected chi connectivity index (χ1v) is 4.77. The fraction of sp³-hybridized carbons (Fsp3) is 0.636. The molecule has 0 aromatic heterocycles. The van der Waals surface area contributed by atoms with Crippen molar-refractivity contribution in [3.63, 3.8) is 0 Å². The quantitative estimate of drug-likeness (QED) is 0.470. The monoisotopic (exact) mass is 181 g/mol. The number of nitrogens with zero attached hydrogens (tertiary/aromatic N) is 1. The van der Waals surface area contributed by atoms with Crippen LogP contribution in [-0.2, 0) is 0 Å². The minimum atomic E-state index is 0.311. The van der Waals surface area contributed by atoms with Crippen molar-refractivity contribution in [1.29, 1.82) is 0 Å². The lowest BCUT2D eigenvalue weighted by Crippen LogP contribution is -1.97. The zero-order valence-corrected chi connectivity index (χ0v) is 9.00. The van der Waals surface area contributed by atoms with Gasteiger partial charge in [-0.15, -0.1) is 0 Å². The van der Waals surface area contributed by atoms with Gasteiger partial charge in [0.1, 0.15) is 6.54 Å². The van der Waals surface area contributed by atoms with Crippen LogP contribution in [0.15, 0.2) is 28.5 Å². The van der Waals surface area contributed by atoms with Crippen LogP contribution in [0.25, 0.3) is 0 Å². The summed E-state index contributed by atoms with van der Waals surface area (Å²) in [4.78, 5) is 10.1. The molecule has 0 amide bonds. The zero-order chi connectivity index (χ0) is 10.3. The van der Waals surface area contributed by atoms with Crippen LogP contribution in [0.5, 0.6) is 0 Å². The van der Waals surface area contributed by atoms with Crippen molar-refractivity contribution in [2.24, 2.45) is 11.1 Å². The molecule has 0 rings (SSSR count). The summed E-state index contributed by atoms with van der Waals surface area (Å²) in [5, 5.41) is 2.91. The molecule has 0 N–H and O–H groups in total. The Balaban J connectivity index is 4.43. The van der Waals surface area contributed by atoms with Gasteiger partial charge >= 0.3 is 0 Å². The Kier molecular flexibility index (Phi) is 6.11. The number of rotatable bonds is 5. The number of allylic oxidation sites excluding steroid dienone is 3. The van der Waals surface area contributed by atoms with Gasteiger partial charge in [0, 0.05) is 0 Å². The molecule has 0 aliphatic heterocycles. The summed E-state index contributed by atoms with van der Waals surface area (Å²) in [5.74, 6) is 0.401. The molecule has 0 radical (unpaired) electrons. The van der Waals surface area contributed by atoms with Gasteiger partial charge in [-0.25, -0.2) is 0 Å². The average Bonchev–Trinajstić information content (AvgIpc) is 2.11. The first-order chi connectivity index (χ1) is 6.11. The Bertz CT molecular complexity index is 214. The summed E-state index contributed by atoms with van der Waals surface area (Å²) in [6.45, 7) is 8.67. The normalized spacial score (nSPS) is 13.6. The molecule has 0 aliphatic carbocycles. The average molecular weight is 181 g/mol. The molecule has 0 saturated carbocycles. The highest BCUT2D eigenvalue weighted by Crippen LogP contribution is 2.11. The minimum Gasteiger partial charge on any atom is -0.150 e. The summed E-state index contributed by atoms with van der Waals surface area (Å²) in [5.41, 5.74) is 2.42. The van der Waals surface area contributed by atoms with Crippen LogP contribution in [0.1, 0.15) is 34.1 Å². The smallest absolute Gasteiger partial charge is 0.103 e. The van der Waals surface area contributed by atoms with E-state index in [0.29, 0.717) is 12.5 Å². The third kappa shape index (κ3) is 5.34. The van der Waals surface area contributed by atoms with Crippen LogP contribution >= 0.6 is 0 Å². The second-order valence-electron chi connectivity index (χ2n) is 3.55. The first-order valence-electron chi connectivity index (χ1n) is 4.77. The van der Waals surface area contributed by atoms with Crippen LogP contribution in [-0.4, -0.2) is 6.54 Å². The predicted octanol–water partition coefficient (Wildman–Crippen LogP) is 3.69. The van der Waals surface area contributed by atoms with E-state index in [1.807, 2.05) is 6.08 Å². The molecule has 0 fully saturated rings. The Morgan fingerprint density at radius 2 is 2.00 bits per heavy atom.